The maximum atomic E-state index is 12.3. The second kappa shape index (κ2) is 8.65. The molecule has 0 unspecified atom stereocenters. The molecule has 1 saturated heterocycles. The number of amides is 1. The highest BCUT2D eigenvalue weighted by atomic mass is 32.2. The fourth-order valence-electron chi connectivity index (χ4n) is 2.92. The Bertz CT molecular complexity index is 784. The predicted molar refractivity (Wildman–Crippen MR) is 104 cm³/mol. The molecule has 27 heavy (non-hydrogen) atoms. The Balaban J connectivity index is 2.04. The number of benzene rings is 1. The zero-order valence-corrected chi connectivity index (χ0v) is 17.2. The number of carbonyl (C=O) groups is 1. The second-order valence-electron chi connectivity index (χ2n) is 6.88. The van der Waals surface area contributed by atoms with Gasteiger partial charge in [0.25, 0.3) is 0 Å². The molecule has 0 saturated carbocycles. The zero-order chi connectivity index (χ0) is 20.2. The zero-order valence-electron chi connectivity index (χ0n) is 16.4. The van der Waals surface area contributed by atoms with Crippen LogP contribution in [-0.2, 0) is 14.6 Å². The van der Waals surface area contributed by atoms with Crippen LogP contribution in [0.2, 0.25) is 0 Å². The Labute approximate surface area is 160 Å². The van der Waals surface area contributed by atoms with E-state index in [9.17, 15) is 13.2 Å². The Morgan fingerprint density at radius 2 is 1.70 bits per heavy atom. The molecule has 0 bridgehead atoms. The molecule has 1 aromatic carbocycles. The number of likely N-dealkylation sites (tertiary alicyclic amines) is 1. The van der Waals surface area contributed by atoms with Gasteiger partial charge in [0.15, 0.2) is 21.3 Å². The van der Waals surface area contributed by atoms with Gasteiger partial charge in [0, 0.05) is 19.2 Å². The summed E-state index contributed by atoms with van der Waals surface area (Å²) in [6.45, 7) is 4.24. The first kappa shape index (κ1) is 21.1. The van der Waals surface area contributed by atoms with Crippen molar-refractivity contribution in [3.63, 3.8) is 0 Å². The summed E-state index contributed by atoms with van der Waals surface area (Å²) in [6, 6.07) is 3.47. The van der Waals surface area contributed by atoms with Crippen LogP contribution in [0.5, 0.6) is 17.2 Å². The van der Waals surface area contributed by atoms with Crippen LogP contribution in [0.4, 0.5) is 0 Å². The SMILES string of the molecule is COc1cc(/C=C/C(=O)N2CC(S(=O)(=O)CC(C)C)C2)cc(OC)c1OC. The van der Waals surface area contributed by atoms with Crippen molar-refractivity contribution >= 4 is 21.8 Å². The van der Waals surface area contributed by atoms with E-state index in [0.717, 1.165) is 0 Å². The average Bonchev–Trinajstić information content (AvgIpc) is 2.55. The molecule has 0 radical (unpaired) electrons. The third-order valence-corrected chi connectivity index (χ3v) is 6.78. The van der Waals surface area contributed by atoms with Gasteiger partial charge >= 0.3 is 0 Å². The number of rotatable bonds is 8. The third-order valence-electron chi connectivity index (χ3n) is 4.34. The molecule has 0 aliphatic carbocycles. The van der Waals surface area contributed by atoms with Gasteiger partial charge in [0.2, 0.25) is 11.7 Å². The van der Waals surface area contributed by atoms with E-state index in [1.165, 1.54) is 32.3 Å². The number of ether oxygens (including phenoxy) is 3. The number of nitrogens with zero attached hydrogens (tertiary/aromatic N) is 1. The van der Waals surface area contributed by atoms with Crippen molar-refractivity contribution in [1.29, 1.82) is 0 Å². The van der Waals surface area contributed by atoms with E-state index in [1.807, 2.05) is 13.8 Å². The van der Waals surface area contributed by atoms with Crippen molar-refractivity contribution in [3.05, 3.63) is 23.8 Å². The lowest BCUT2D eigenvalue weighted by Crippen LogP contribution is -2.57. The summed E-state index contributed by atoms with van der Waals surface area (Å²) in [5.74, 6) is 1.48. The maximum Gasteiger partial charge on any atom is 0.246 e. The monoisotopic (exact) mass is 397 g/mol. The van der Waals surface area contributed by atoms with Crippen LogP contribution < -0.4 is 14.2 Å². The van der Waals surface area contributed by atoms with Crippen molar-refractivity contribution in [2.24, 2.45) is 5.92 Å². The standard InChI is InChI=1S/C19H27NO6S/c1-13(2)12-27(22,23)15-10-20(11-15)18(21)7-6-14-8-16(24-3)19(26-5)17(9-14)25-4/h6-9,13,15H,10-12H2,1-5H3/b7-6+. The summed E-state index contributed by atoms with van der Waals surface area (Å²) in [6.07, 6.45) is 3.06. The highest BCUT2D eigenvalue weighted by molar-refractivity contribution is 7.92. The van der Waals surface area contributed by atoms with Gasteiger partial charge in [-0.1, -0.05) is 13.8 Å². The minimum Gasteiger partial charge on any atom is -0.493 e. The minimum atomic E-state index is -3.15. The summed E-state index contributed by atoms with van der Waals surface area (Å²) in [4.78, 5) is 13.8. The maximum absolute atomic E-state index is 12.3. The summed E-state index contributed by atoms with van der Waals surface area (Å²) in [5.41, 5.74) is 0.711. The van der Waals surface area contributed by atoms with Gasteiger partial charge in [-0.2, -0.15) is 0 Å². The van der Waals surface area contributed by atoms with Crippen LogP contribution in [0.1, 0.15) is 19.4 Å². The van der Waals surface area contributed by atoms with Crippen molar-refractivity contribution < 1.29 is 27.4 Å². The first-order valence-electron chi connectivity index (χ1n) is 8.70. The minimum absolute atomic E-state index is 0.0830. The Hall–Kier alpha value is -2.22. The molecule has 0 N–H and O–H groups in total. The van der Waals surface area contributed by atoms with Crippen LogP contribution in [0.25, 0.3) is 6.08 Å². The molecule has 1 amide bonds. The van der Waals surface area contributed by atoms with Gasteiger partial charge in [-0.3, -0.25) is 4.79 Å². The van der Waals surface area contributed by atoms with Gasteiger partial charge in [0.1, 0.15) is 0 Å². The molecule has 8 heteroatoms. The number of hydrogen-bond donors (Lipinski definition) is 0. The highest BCUT2D eigenvalue weighted by Gasteiger charge is 2.38. The topological polar surface area (TPSA) is 82.1 Å². The average molecular weight is 397 g/mol. The molecule has 2 rings (SSSR count). The molecule has 150 valence electrons. The smallest absolute Gasteiger partial charge is 0.246 e. The largest absolute Gasteiger partial charge is 0.493 e. The summed E-state index contributed by atoms with van der Waals surface area (Å²) >= 11 is 0. The normalized spacial score (nSPS) is 15.1. The molecule has 0 atom stereocenters. The Kier molecular flexibility index (Phi) is 6.75. The number of sulfone groups is 1. The Morgan fingerprint density at radius 3 is 2.15 bits per heavy atom. The van der Waals surface area contributed by atoms with E-state index < -0.39 is 15.1 Å². The van der Waals surface area contributed by atoms with E-state index in [0.29, 0.717) is 22.8 Å². The summed E-state index contributed by atoms with van der Waals surface area (Å²) < 4.78 is 40.2. The second-order valence-corrected chi connectivity index (χ2v) is 9.21. The van der Waals surface area contributed by atoms with Gasteiger partial charge in [-0.15, -0.1) is 0 Å². The van der Waals surface area contributed by atoms with Crippen LogP contribution >= 0.6 is 0 Å². The van der Waals surface area contributed by atoms with Crippen LogP contribution in [0.15, 0.2) is 18.2 Å². The fourth-order valence-corrected chi connectivity index (χ4v) is 4.93. The lowest BCUT2D eigenvalue weighted by molar-refractivity contribution is -0.128. The van der Waals surface area contributed by atoms with E-state index >= 15 is 0 Å². The van der Waals surface area contributed by atoms with Gasteiger partial charge < -0.3 is 19.1 Å². The van der Waals surface area contributed by atoms with Crippen LogP contribution in [0.3, 0.4) is 0 Å². The first-order valence-corrected chi connectivity index (χ1v) is 10.4. The number of carbonyl (C=O) groups excluding carboxylic acids is 1. The van der Waals surface area contributed by atoms with E-state index in [4.69, 9.17) is 14.2 Å². The van der Waals surface area contributed by atoms with E-state index in [-0.39, 0.29) is 30.7 Å². The lowest BCUT2D eigenvalue weighted by atomic mass is 10.1. The van der Waals surface area contributed by atoms with Gasteiger partial charge in [-0.05, 0) is 29.7 Å². The first-order chi connectivity index (χ1) is 12.7. The molecule has 1 aliphatic heterocycles. The third kappa shape index (κ3) is 4.94. The van der Waals surface area contributed by atoms with Crippen LogP contribution in [0, 0.1) is 5.92 Å². The number of hydrogen-bond acceptors (Lipinski definition) is 6. The molecule has 0 aromatic heterocycles. The predicted octanol–water partition coefficient (Wildman–Crippen LogP) is 2.01. The quantitative estimate of drug-likeness (QED) is 0.624. The Morgan fingerprint density at radius 1 is 1.15 bits per heavy atom. The summed E-state index contributed by atoms with van der Waals surface area (Å²) in [5, 5.41) is -0.460. The molecular weight excluding hydrogens is 370 g/mol. The van der Waals surface area contributed by atoms with Crippen molar-refractivity contribution in [3.8, 4) is 17.2 Å². The molecule has 7 nitrogen and oxygen atoms in total. The molecule has 0 spiro atoms. The molecule has 1 aliphatic rings. The highest BCUT2D eigenvalue weighted by Crippen LogP contribution is 2.38. The lowest BCUT2D eigenvalue weighted by Gasteiger charge is -2.38. The molecular formula is C19H27NO6S. The van der Waals surface area contributed by atoms with Crippen molar-refractivity contribution in [2.45, 2.75) is 19.1 Å². The summed E-state index contributed by atoms with van der Waals surface area (Å²) in [7, 11) is 1.42. The van der Waals surface area contributed by atoms with E-state index in [1.54, 1.807) is 18.2 Å². The fraction of sp³-hybridized carbons (Fsp3) is 0.526. The number of methoxy groups -OCH3 is 3. The van der Waals surface area contributed by atoms with E-state index in [2.05, 4.69) is 0 Å². The molecule has 1 aromatic rings. The van der Waals surface area contributed by atoms with Gasteiger partial charge in [0.05, 0.1) is 32.3 Å². The van der Waals surface area contributed by atoms with Crippen molar-refractivity contribution in [2.75, 3.05) is 40.2 Å². The molecule has 1 heterocycles. The van der Waals surface area contributed by atoms with Crippen LogP contribution in [-0.4, -0.2) is 64.6 Å². The molecule has 1 fully saturated rings. The van der Waals surface area contributed by atoms with Crippen molar-refractivity contribution in [1.82, 2.24) is 4.90 Å². The van der Waals surface area contributed by atoms with Gasteiger partial charge in [-0.25, -0.2) is 8.42 Å².